The summed E-state index contributed by atoms with van der Waals surface area (Å²) in [5.74, 6) is 1.84. The predicted molar refractivity (Wildman–Crippen MR) is 60.1 cm³/mol. The Morgan fingerprint density at radius 3 is 2.38 bits per heavy atom. The van der Waals surface area contributed by atoms with E-state index in [9.17, 15) is 0 Å². The van der Waals surface area contributed by atoms with Crippen LogP contribution in [0.2, 0.25) is 5.28 Å². The van der Waals surface area contributed by atoms with Crippen LogP contribution in [0.4, 0.5) is 0 Å². The highest BCUT2D eigenvalue weighted by Gasteiger charge is 2.00. The Kier molecular flexibility index (Phi) is 3.22. The number of halogens is 1. The van der Waals surface area contributed by atoms with Gasteiger partial charge in [-0.3, -0.25) is 0 Å². The van der Waals surface area contributed by atoms with Gasteiger partial charge in [0, 0.05) is 12.3 Å². The Hall–Kier alpha value is -1.81. The lowest BCUT2D eigenvalue weighted by Gasteiger charge is -2.05. The molecule has 2 aromatic rings. The van der Waals surface area contributed by atoms with Crippen molar-refractivity contribution < 1.29 is 9.47 Å². The molecule has 0 radical (unpaired) electrons. The Morgan fingerprint density at radius 2 is 1.75 bits per heavy atom. The average Bonchev–Trinajstić information content (AvgIpc) is 2.30. The average molecular weight is 237 g/mol. The molecule has 5 heteroatoms. The third-order valence-corrected chi connectivity index (χ3v) is 2.06. The van der Waals surface area contributed by atoms with E-state index in [2.05, 4.69) is 9.97 Å². The normalized spacial score (nSPS) is 9.88. The SMILES string of the molecule is COc1ccc(Oc2ccnc(Cl)n2)cc1. The summed E-state index contributed by atoms with van der Waals surface area (Å²) in [7, 11) is 1.61. The number of rotatable bonds is 3. The number of ether oxygens (including phenoxy) is 2. The van der Waals surface area contributed by atoms with Crippen LogP contribution in [0.5, 0.6) is 17.4 Å². The molecule has 82 valence electrons. The van der Waals surface area contributed by atoms with Gasteiger partial charge in [-0.25, -0.2) is 4.98 Å². The summed E-state index contributed by atoms with van der Waals surface area (Å²) in [5, 5.41) is 0.158. The fourth-order valence-corrected chi connectivity index (χ4v) is 1.28. The lowest BCUT2D eigenvalue weighted by Crippen LogP contribution is -1.89. The molecule has 16 heavy (non-hydrogen) atoms. The fraction of sp³-hybridized carbons (Fsp3) is 0.0909. The summed E-state index contributed by atoms with van der Waals surface area (Å²) in [6, 6.07) is 8.82. The van der Waals surface area contributed by atoms with Gasteiger partial charge in [0.25, 0.3) is 0 Å². The molecule has 0 unspecified atom stereocenters. The van der Waals surface area contributed by atoms with Gasteiger partial charge in [-0.2, -0.15) is 4.98 Å². The number of aromatic nitrogens is 2. The summed E-state index contributed by atoms with van der Waals surface area (Å²) in [5.41, 5.74) is 0. The van der Waals surface area contributed by atoms with Crippen LogP contribution in [0.1, 0.15) is 0 Å². The first-order valence-corrected chi connectivity index (χ1v) is 4.96. The van der Waals surface area contributed by atoms with E-state index in [1.54, 1.807) is 37.4 Å². The van der Waals surface area contributed by atoms with Crippen molar-refractivity contribution in [3.63, 3.8) is 0 Å². The number of benzene rings is 1. The van der Waals surface area contributed by atoms with E-state index < -0.39 is 0 Å². The highest BCUT2D eigenvalue weighted by molar-refractivity contribution is 6.28. The van der Waals surface area contributed by atoms with Gasteiger partial charge in [-0.05, 0) is 35.9 Å². The zero-order valence-electron chi connectivity index (χ0n) is 8.55. The van der Waals surface area contributed by atoms with Crippen LogP contribution < -0.4 is 9.47 Å². The van der Waals surface area contributed by atoms with E-state index in [1.165, 1.54) is 6.20 Å². The van der Waals surface area contributed by atoms with Gasteiger partial charge in [0.05, 0.1) is 7.11 Å². The summed E-state index contributed by atoms with van der Waals surface area (Å²) in [6.45, 7) is 0. The maximum atomic E-state index is 5.64. The maximum absolute atomic E-state index is 5.64. The van der Waals surface area contributed by atoms with Crippen LogP contribution in [0.3, 0.4) is 0 Å². The van der Waals surface area contributed by atoms with Crippen molar-refractivity contribution in [1.29, 1.82) is 0 Å². The van der Waals surface area contributed by atoms with E-state index in [0.29, 0.717) is 11.6 Å². The van der Waals surface area contributed by atoms with Crippen molar-refractivity contribution in [2.24, 2.45) is 0 Å². The highest BCUT2D eigenvalue weighted by atomic mass is 35.5. The monoisotopic (exact) mass is 236 g/mol. The van der Waals surface area contributed by atoms with Crippen molar-refractivity contribution >= 4 is 11.6 Å². The molecule has 1 aromatic heterocycles. The Balaban J connectivity index is 2.14. The first-order chi connectivity index (χ1) is 7.78. The van der Waals surface area contributed by atoms with Crippen LogP contribution in [0, 0.1) is 0 Å². The van der Waals surface area contributed by atoms with Gasteiger partial charge >= 0.3 is 0 Å². The smallest absolute Gasteiger partial charge is 0.225 e. The summed E-state index contributed by atoms with van der Waals surface area (Å²) in [4.78, 5) is 7.68. The second-order valence-electron chi connectivity index (χ2n) is 2.94. The van der Waals surface area contributed by atoms with Crippen molar-refractivity contribution in [2.75, 3.05) is 7.11 Å². The molecular weight excluding hydrogens is 228 g/mol. The zero-order valence-corrected chi connectivity index (χ0v) is 9.31. The third-order valence-electron chi connectivity index (χ3n) is 1.88. The molecule has 0 atom stereocenters. The minimum Gasteiger partial charge on any atom is -0.497 e. The lowest BCUT2D eigenvalue weighted by atomic mass is 10.3. The second-order valence-corrected chi connectivity index (χ2v) is 3.28. The predicted octanol–water partition coefficient (Wildman–Crippen LogP) is 2.93. The molecule has 0 aliphatic carbocycles. The molecule has 0 bridgehead atoms. The second kappa shape index (κ2) is 4.81. The van der Waals surface area contributed by atoms with E-state index in [-0.39, 0.29) is 5.28 Å². The molecule has 2 rings (SSSR count). The molecule has 0 saturated heterocycles. The Morgan fingerprint density at radius 1 is 1.06 bits per heavy atom. The molecule has 0 N–H and O–H groups in total. The topological polar surface area (TPSA) is 44.2 Å². The van der Waals surface area contributed by atoms with Crippen LogP contribution in [0.15, 0.2) is 36.5 Å². The first-order valence-electron chi connectivity index (χ1n) is 4.58. The van der Waals surface area contributed by atoms with Crippen LogP contribution in [0.25, 0.3) is 0 Å². The lowest BCUT2D eigenvalue weighted by molar-refractivity contribution is 0.412. The molecular formula is C11H9ClN2O2. The molecule has 0 aliphatic heterocycles. The Bertz CT molecular complexity index is 474. The highest BCUT2D eigenvalue weighted by Crippen LogP contribution is 2.22. The molecule has 0 fully saturated rings. The van der Waals surface area contributed by atoms with E-state index >= 15 is 0 Å². The molecule has 4 nitrogen and oxygen atoms in total. The van der Waals surface area contributed by atoms with Crippen molar-refractivity contribution in [3.05, 3.63) is 41.8 Å². The van der Waals surface area contributed by atoms with E-state index in [1.807, 2.05) is 0 Å². The minimum atomic E-state index is 0.158. The van der Waals surface area contributed by atoms with Crippen molar-refractivity contribution in [2.45, 2.75) is 0 Å². The Labute approximate surface area is 97.8 Å². The molecule has 1 aromatic carbocycles. The van der Waals surface area contributed by atoms with Gasteiger partial charge in [-0.1, -0.05) is 0 Å². The van der Waals surface area contributed by atoms with Crippen LogP contribution in [-0.2, 0) is 0 Å². The van der Waals surface area contributed by atoms with Crippen LogP contribution >= 0.6 is 11.6 Å². The molecule has 0 aliphatic rings. The minimum absolute atomic E-state index is 0.158. The van der Waals surface area contributed by atoms with Gasteiger partial charge in [0.15, 0.2) is 0 Å². The number of hydrogen-bond acceptors (Lipinski definition) is 4. The van der Waals surface area contributed by atoms with E-state index in [0.717, 1.165) is 5.75 Å². The quantitative estimate of drug-likeness (QED) is 0.769. The summed E-state index contributed by atoms with van der Waals surface area (Å²) >= 11 is 5.64. The molecule has 0 spiro atoms. The summed E-state index contributed by atoms with van der Waals surface area (Å²) < 4.78 is 10.5. The third kappa shape index (κ3) is 2.61. The molecule has 0 amide bonds. The zero-order chi connectivity index (χ0) is 11.4. The van der Waals surface area contributed by atoms with Gasteiger partial charge < -0.3 is 9.47 Å². The fourth-order valence-electron chi connectivity index (χ4n) is 1.14. The van der Waals surface area contributed by atoms with Gasteiger partial charge in [-0.15, -0.1) is 0 Å². The first kappa shape index (κ1) is 10.7. The van der Waals surface area contributed by atoms with Gasteiger partial charge in [0.1, 0.15) is 11.5 Å². The van der Waals surface area contributed by atoms with Crippen molar-refractivity contribution in [3.8, 4) is 17.4 Å². The number of nitrogens with zero attached hydrogens (tertiary/aromatic N) is 2. The standard InChI is InChI=1S/C11H9ClN2O2/c1-15-8-2-4-9(5-3-8)16-10-6-7-13-11(12)14-10/h2-7H,1H3. The largest absolute Gasteiger partial charge is 0.497 e. The maximum Gasteiger partial charge on any atom is 0.225 e. The molecule has 1 heterocycles. The van der Waals surface area contributed by atoms with E-state index in [4.69, 9.17) is 21.1 Å². The van der Waals surface area contributed by atoms with Crippen molar-refractivity contribution in [1.82, 2.24) is 9.97 Å². The van der Waals surface area contributed by atoms with Gasteiger partial charge in [0.2, 0.25) is 11.2 Å². The van der Waals surface area contributed by atoms with Crippen LogP contribution in [-0.4, -0.2) is 17.1 Å². The summed E-state index contributed by atoms with van der Waals surface area (Å²) in [6.07, 6.45) is 1.54. The number of hydrogen-bond donors (Lipinski definition) is 0. The number of methoxy groups -OCH3 is 1. The molecule has 0 saturated carbocycles.